The van der Waals surface area contributed by atoms with Gasteiger partial charge in [-0.1, -0.05) is 12.1 Å². The molecule has 1 aromatic heterocycles. The monoisotopic (exact) mass is 378 g/mol. The van der Waals surface area contributed by atoms with E-state index in [9.17, 15) is 22.8 Å². The van der Waals surface area contributed by atoms with E-state index in [0.717, 1.165) is 12.1 Å². The molecule has 0 atom stereocenters. The zero-order valence-electron chi connectivity index (χ0n) is 13.8. The van der Waals surface area contributed by atoms with Crippen LogP contribution in [-0.2, 0) is 22.3 Å². The van der Waals surface area contributed by atoms with Crippen LogP contribution in [0.4, 0.5) is 13.2 Å². The number of esters is 1. The van der Waals surface area contributed by atoms with Crippen molar-refractivity contribution in [3.8, 4) is 5.75 Å². The van der Waals surface area contributed by atoms with Gasteiger partial charge in [-0.2, -0.15) is 13.2 Å². The fraction of sp³-hybridized carbons (Fsp3) is 0.158. The van der Waals surface area contributed by atoms with Crippen molar-refractivity contribution in [1.29, 1.82) is 0 Å². The summed E-state index contributed by atoms with van der Waals surface area (Å²) in [4.78, 5) is 22.9. The lowest BCUT2D eigenvalue weighted by Gasteiger charge is -2.09. The van der Waals surface area contributed by atoms with Crippen LogP contribution in [0.5, 0.6) is 5.75 Å². The zero-order chi connectivity index (χ0) is 19.4. The maximum atomic E-state index is 12.5. The fourth-order valence-electron chi connectivity index (χ4n) is 2.27. The second-order valence-electron chi connectivity index (χ2n) is 5.60. The number of hydrogen-bond donors (Lipinski definition) is 0. The Morgan fingerprint density at radius 2 is 1.70 bits per heavy atom. The summed E-state index contributed by atoms with van der Waals surface area (Å²) in [5.41, 5.74) is -0.540. The summed E-state index contributed by atoms with van der Waals surface area (Å²) in [6.45, 7) is -0.573. The van der Waals surface area contributed by atoms with Crippen LogP contribution in [0.1, 0.15) is 11.1 Å². The van der Waals surface area contributed by atoms with E-state index in [1.807, 2.05) is 0 Å². The van der Waals surface area contributed by atoms with Gasteiger partial charge in [0.2, 0.25) is 0 Å². The number of ether oxygens (including phenoxy) is 2. The highest BCUT2D eigenvalue weighted by Gasteiger charge is 2.29. The van der Waals surface area contributed by atoms with Crippen molar-refractivity contribution in [2.24, 2.45) is 0 Å². The number of halogens is 3. The van der Waals surface area contributed by atoms with E-state index in [4.69, 9.17) is 13.9 Å². The quantitative estimate of drug-likeness (QED) is 0.497. The number of alkyl halides is 3. The maximum absolute atomic E-state index is 12.5. The zero-order valence-corrected chi connectivity index (χ0v) is 13.8. The Labute approximate surface area is 150 Å². The van der Waals surface area contributed by atoms with E-state index in [1.54, 1.807) is 18.2 Å². The van der Waals surface area contributed by atoms with Crippen molar-refractivity contribution < 1.29 is 31.9 Å². The van der Waals surface area contributed by atoms with Crippen LogP contribution in [0.15, 0.2) is 63.8 Å². The number of rotatable bonds is 5. The Hall–Kier alpha value is -3.29. The molecule has 0 aliphatic carbocycles. The molecule has 0 fully saturated rings. The second-order valence-corrected chi connectivity index (χ2v) is 5.60. The van der Waals surface area contributed by atoms with Gasteiger partial charge in [-0.05, 0) is 35.9 Å². The molecule has 0 N–H and O–H groups in total. The third-order valence-corrected chi connectivity index (χ3v) is 3.63. The molecule has 0 amide bonds. The van der Waals surface area contributed by atoms with E-state index >= 15 is 0 Å². The molecule has 27 heavy (non-hydrogen) atoms. The SMILES string of the molecule is O=C(COc1ccc2ccc(=O)oc2c1)OCc1ccc(C(F)(F)F)cc1. The second kappa shape index (κ2) is 7.53. The van der Waals surface area contributed by atoms with Crippen molar-refractivity contribution in [2.75, 3.05) is 6.61 Å². The molecule has 0 bridgehead atoms. The predicted octanol–water partition coefficient (Wildman–Crippen LogP) is 3.93. The highest BCUT2D eigenvalue weighted by Crippen LogP contribution is 2.29. The van der Waals surface area contributed by atoms with Gasteiger partial charge in [0.25, 0.3) is 0 Å². The van der Waals surface area contributed by atoms with E-state index < -0.39 is 29.9 Å². The van der Waals surface area contributed by atoms with E-state index in [-0.39, 0.29) is 6.61 Å². The molecule has 1 heterocycles. The first-order valence-electron chi connectivity index (χ1n) is 7.80. The van der Waals surface area contributed by atoms with Crippen molar-refractivity contribution in [3.05, 3.63) is 76.1 Å². The topological polar surface area (TPSA) is 65.7 Å². The Kier molecular flexibility index (Phi) is 5.16. The molecule has 5 nitrogen and oxygen atoms in total. The first-order valence-corrected chi connectivity index (χ1v) is 7.80. The lowest BCUT2D eigenvalue weighted by Crippen LogP contribution is -2.15. The Balaban J connectivity index is 1.53. The maximum Gasteiger partial charge on any atom is 0.416 e. The third kappa shape index (κ3) is 4.87. The van der Waals surface area contributed by atoms with Crippen molar-refractivity contribution in [1.82, 2.24) is 0 Å². The van der Waals surface area contributed by atoms with E-state index in [2.05, 4.69) is 0 Å². The Morgan fingerprint density at radius 1 is 1.00 bits per heavy atom. The molecular weight excluding hydrogens is 365 g/mol. The lowest BCUT2D eigenvalue weighted by molar-refractivity contribution is -0.147. The molecule has 0 spiro atoms. The van der Waals surface area contributed by atoms with Gasteiger partial charge in [0.1, 0.15) is 17.9 Å². The normalized spacial score (nSPS) is 11.4. The Morgan fingerprint density at radius 3 is 2.41 bits per heavy atom. The highest BCUT2D eigenvalue weighted by atomic mass is 19.4. The lowest BCUT2D eigenvalue weighted by atomic mass is 10.1. The summed E-state index contributed by atoms with van der Waals surface area (Å²) in [6.07, 6.45) is -4.41. The summed E-state index contributed by atoms with van der Waals surface area (Å²) in [5, 5.41) is 0.701. The summed E-state index contributed by atoms with van der Waals surface area (Å²) in [5.74, 6) is -0.382. The first kappa shape index (κ1) is 18.5. The van der Waals surface area contributed by atoms with Gasteiger partial charge in [-0.15, -0.1) is 0 Å². The molecule has 0 saturated heterocycles. The van der Waals surface area contributed by atoms with Crippen LogP contribution >= 0.6 is 0 Å². The molecule has 0 saturated carbocycles. The summed E-state index contributed by atoms with van der Waals surface area (Å²) in [7, 11) is 0. The molecule has 0 unspecified atom stereocenters. The van der Waals surface area contributed by atoms with E-state index in [0.29, 0.717) is 22.3 Å². The van der Waals surface area contributed by atoms with Gasteiger partial charge in [0.15, 0.2) is 6.61 Å². The third-order valence-electron chi connectivity index (χ3n) is 3.63. The standard InChI is InChI=1S/C19H13F3O5/c20-19(21,22)14-5-1-12(2-6-14)10-26-18(24)11-25-15-7-3-13-4-8-17(23)27-16(13)9-15/h1-9H,10-11H2. The molecular formula is C19H13F3O5. The number of benzene rings is 2. The van der Waals surface area contributed by atoms with Gasteiger partial charge < -0.3 is 13.9 Å². The van der Waals surface area contributed by atoms with Gasteiger partial charge in [0, 0.05) is 17.5 Å². The number of hydrogen-bond acceptors (Lipinski definition) is 5. The molecule has 3 rings (SSSR count). The number of fused-ring (bicyclic) bond motifs is 1. The molecule has 0 aliphatic heterocycles. The first-order chi connectivity index (χ1) is 12.8. The largest absolute Gasteiger partial charge is 0.482 e. The van der Waals surface area contributed by atoms with Crippen molar-refractivity contribution in [3.63, 3.8) is 0 Å². The Bertz CT molecular complexity index is 1010. The number of carbonyl (C=O) groups is 1. The van der Waals surface area contributed by atoms with Crippen molar-refractivity contribution >= 4 is 16.9 Å². The fourth-order valence-corrected chi connectivity index (χ4v) is 2.27. The summed E-state index contributed by atoms with van der Waals surface area (Å²) in [6, 6.07) is 12.0. The van der Waals surface area contributed by atoms with Gasteiger partial charge in [-0.3, -0.25) is 0 Å². The van der Waals surface area contributed by atoms with Gasteiger partial charge >= 0.3 is 17.8 Å². The molecule has 0 aliphatic rings. The van der Waals surface area contributed by atoms with Crippen LogP contribution in [-0.4, -0.2) is 12.6 Å². The minimum Gasteiger partial charge on any atom is -0.482 e. The van der Waals surface area contributed by atoms with Crippen molar-refractivity contribution in [2.45, 2.75) is 12.8 Å². The average Bonchev–Trinajstić information content (AvgIpc) is 2.64. The molecule has 3 aromatic rings. The number of carbonyl (C=O) groups excluding carboxylic acids is 1. The molecule has 2 aromatic carbocycles. The van der Waals surface area contributed by atoms with Gasteiger partial charge in [0.05, 0.1) is 5.56 Å². The molecule has 140 valence electrons. The van der Waals surface area contributed by atoms with Crippen LogP contribution in [0, 0.1) is 0 Å². The molecule has 8 heteroatoms. The summed E-state index contributed by atoms with van der Waals surface area (Å²) >= 11 is 0. The average molecular weight is 378 g/mol. The molecule has 0 radical (unpaired) electrons. The predicted molar refractivity (Wildman–Crippen MR) is 89.2 cm³/mol. The van der Waals surface area contributed by atoms with Crippen LogP contribution < -0.4 is 10.4 Å². The van der Waals surface area contributed by atoms with E-state index in [1.165, 1.54) is 24.3 Å². The van der Waals surface area contributed by atoms with Gasteiger partial charge in [-0.25, -0.2) is 9.59 Å². The summed E-state index contributed by atoms with van der Waals surface area (Å²) < 4.78 is 52.7. The smallest absolute Gasteiger partial charge is 0.416 e. The van der Waals surface area contributed by atoms with Crippen LogP contribution in [0.3, 0.4) is 0 Å². The van der Waals surface area contributed by atoms with Crippen LogP contribution in [0.25, 0.3) is 11.0 Å². The van der Waals surface area contributed by atoms with Crippen LogP contribution in [0.2, 0.25) is 0 Å². The minimum absolute atomic E-state index is 0.174. The highest BCUT2D eigenvalue weighted by molar-refractivity contribution is 5.78. The minimum atomic E-state index is -4.41.